The summed E-state index contributed by atoms with van der Waals surface area (Å²) in [5, 5.41) is 13.0. The second kappa shape index (κ2) is 8.25. The number of nitriles is 1. The monoisotopic (exact) mass is 466 g/mol. The van der Waals surface area contributed by atoms with E-state index in [1.165, 1.54) is 10.8 Å². The Morgan fingerprint density at radius 1 is 0.833 bits per heavy atom. The van der Waals surface area contributed by atoms with Crippen molar-refractivity contribution in [2.45, 2.75) is 25.7 Å². The molecular weight excluding hydrogens is 440 g/mol. The SMILES string of the molecule is CC(C)(C#N)c1ccc(Cc2c(N)cnc3ccc(-c4ccc5c(c4)[nH]c4ccccc45)cc23)cc1. The van der Waals surface area contributed by atoms with Crippen LogP contribution in [-0.2, 0) is 11.8 Å². The number of para-hydroxylation sites is 1. The maximum absolute atomic E-state index is 9.45. The van der Waals surface area contributed by atoms with Gasteiger partial charge in [0.05, 0.1) is 28.9 Å². The molecule has 0 fully saturated rings. The van der Waals surface area contributed by atoms with E-state index in [2.05, 4.69) is 88.8 Å². The molecule has 0 spiro atoms. The van der Waals surface area contributed by atoms with Gasteiger partial charge in [-0.05, 0) is 65.9 Å². The minimum Gasteiger partial charge on any atom is -0.397 e. The van der Waals surface area contributed by atoms with E-state index in [0.29, 0.717) is 12.1 Å². The molecule has 6 rings (SSSR count). The highest BCUT2D eigenvalue weighted by molar-refractivity contribution is 6.08. The van der Waals surface area contributed by atoms with Crippen LogP contribution in [0.4, 0.5) is 5.69 Å². The van der Waals surface area contributed by atoms with Crippen LogP contribution in [0.1, 0.15) is 30.5 Å². The number of benzene rings is 4. The Hall–Kier alpha value is -4.62. The Morgan fingerprint density at radius 2 is 1.56 bits per heavy atom. The summed E-state index contributed by atoms with van der Waals surface area (Å²) < 4.78 is 0. The topological polar surface area (TPSA) is 78.5 Å². The lowest BCUT2D eigenvalue weighted by Crippen LogP contribution is -2.13. The van der Waals surface area contributed by atoms with E-state index in [9.17, 15) is 5.26 Å². The Balaban J connectivity index is 1.41. The molecule has 6 aromatic rings. The summed E-state index contributed by atoms with van der Waals surface area (Å²) in [6, 6.07) is 32.0. The number of nitrogen functional groups attached to an aromatic ring is 1. The van der Waals surface area contributed by atoms with E-state index >= 15 is 0 Å². The van der Waals surface area contributed by atoms with Crippen molar-refractivity contribution < 1.29 is 0 Å². The van der Waals surface area contributed by atoms with Gasteiger partial charge in [-0.2, -0.15) is 5.26 Å². The molecule has 0 aliphatic rings. The van der Waals surface area contributed by atoms with Crippen LogP contribution in [0, 0.1) is 11.3 Å². The molecule has 0 bridgehead atoms. The summed E-state index contributed by atoms with van der Waals surface area (Å²) in [6.45, 7) is 3.87. The second-order valence-corrected chi connectivity index (χ2v) is 9.97. The number of nitrogens with one attached hydrogen (secondary N) is 1. The molecule has 0 unspecified atom stereocenters. The van der Waals surface area contributed by atoms with E-state index < -0.39 is 5.41 Å². The molecule has 0 aliphatic carbocycles. The first-order chi connectivity index (χ1) is 17.4. The van der Waals surface area contributed by atoms with Crippen LogP contribution in [0.25, 0.3) is 43.8 Å². The van der Waals surface area contributed by atoms with Gasteiger partial charge in [0, 0.05) is 33.6 Å². The largest absolute Gasteiger partial charge is 0.397 e. The summed E-state index contributed by atoms with van der Waals surface area (Å²) in [6.07, 6.45) is 2.45. The molecular formula is C32H26N4. The van der Waals surface area contributed by atoms with Crippen LogP contribution >= 0.6 is 0 Å². The molecule has 0 saturated heterocycles. The smallest absolute Gasteiger partial charge is 0.0766 e. The Labute approximate surface area is 210 Å². The fourth-order valence-electron chi connectivity index (χ4n) is 4.98. The number of aromatic amines is 1. The van der Waals surface area contributed by atoms with E-state index in [4.69, 9.17) is 5.73 Å². The second-order valence-electron chi connectivity index (χ2n) is 9.97. The number of hydrogen-bond donors (Lipinski definition) is 2. The standard InChI is InChI=1S/C32H26N4/c1-32(2,19-33)23-11-7-20(8-12-23)15-26-27-16-21(10-14-29(27)35-18-28(26)34)22-9-13-25-24-5-3-4-6-30(24)36-31(25)17-22/h3-14,16-18,36H,15,34H2,1-2H3. The first-order valence-corrected chi connectivity index (χ1v) is 12.1. The van der Waals surface area contributed by atoms with Gasteiger partial charge in [-0.1, -0.05) is 60.7 Å². The van der Waals surface area contributed by atoms with Crippen LogP contribution in [0.5, 0.6) is 0 Å². The van der Waals surface area contributed by atoms with Crippen LogP contribution in [-0.4, -0.2) is 9.97 Å². The summed E-state index contributed by atoms with van der Waals surface area (Å²) in [5.74, 6) is 0. The molecule has 174 valence electrons. The van der Waals surface area contributed by atoms with E-state index in [1.807, 2.05) is 26.0 Å². The lowest BCUT2D eigenvalue weighted by molar-refractivity contribution is 0.686. The quantitative estimate of drug-likeness (QED) is 0.282. The van der Waals surface area contributed by atoms with Crippen molar-refractivity contribution in [2.75, 3.05) is 5.73 Å². The maximum Gasteiger partial charge on any atom is 0.0766 e. The Bertz CT molecular complexity index is 1800. The summed E-state index contributed by atoms with van der Waals surface area (Å²) in [5.41, 5.74) is 15.3. The summed E-state index contributed by atoms with van der Waals surface area (Å²) in [4.78, 5) is 8.13. The number of nitrogens with zero attached hydrogens (tertiary/aromatic N) is 2. The zero-order valence-electron chi connectivity index (χ0n) is 20.3. The van der Waals surface area contributed by atoms with Crippen LogP contribution in [0.2, 0.25) is 0 Å². The number of H-pyrrole nitrogens is 1. The number of anilines is 1. The highest BCUT2D eigenvalue weighted by atomic mass is 14.7. The number of hydrogen-bond acceptors (Lipinski definition) is 3. The van der Waals surface area contributed by atoms with Crippen molar-refractivity contribution in [2.24, 2.45) is 0 Å². The molecule has 4 heteroatoms. The maximum atomic E-state index is 9.45. The minimum atomic E-state index is -0.512. The van der Waals surface area contributed by atoms with E-state index in [1.54, 1.807) is 6.20 Å². The van der Waals surface area contributed by atoms with Crippen molar-refractivity contribution in [3.8, 4) is 17.2 Å². The lowest BCUT2D eigenvalue weighted by Gasteiger charge is -2.16. The van der Waals surface area contributed by atoms with Crippen molar-refractivity contribution in [1.82, 2.24) is 9.97 Å². The molecule has 0 atom stereocenters. The molecule has 3 N–H and O–H groups in total. The van der Waals surface area contributed by atoms with Crippen LogP contribution in [0.15, 0.2) is 91.1 Å². The molecule has 4 nitrogen and oxygen atoms in total. The number of pyridine rings is 1. The number of aromatic nitrogens is 2. The van der Waals surface area contributed by atoms with Crippen molar-refractivity contribution in [3.05, 3.63) is 108 Å². The Morgan fingerprint density at radius 3 is 2.36 bits per heavy atom. The molecule has 0 radical (unpaired) electrons. The number of fused-ring (bicyclic) bond motifs is 4. The average molecular weight is 467 g/mol. The van der Waals surface area contributed by atoms with Gasteiger partial charge in [-0.15, -0.1) is 0 Å². The number of rotatable bonds is 4. The minimum absolute atomic E-state index is 0.512. The van der Waals surface area contributed by atoms with Crippen LogP contribution < -0.4 is 5.73 Å². The molecule has 36 heavy (non-hydrogen) atoms. The van der Waals surface area contributed by atoms with Gasteiger partial charge in [-0.25, -0.2) is 0 Å². The van der Waals surface area contributed by atoms with Gasteiger partial charge >= 0.3 is 0 Å². The van der Waals surface area contributed by atoms with Gasteiger partial charge < -0.3 is 10.7 Å². The zero-order chi connectivity index (χ0) is 24.9. The zero-order valence-corrected chi connectivity index (χ0v) is 20.3. The fourth-order valence-corrected chi connectivity index (χ4v) is 4.98. The van der Waals surface area contributed by atoms with Gasteiger partial charge in [0.1, 0.15) is 0 Å². The van der Waals surface area contributed by atoms with Gasteiger partial charge in [0.2, 0.25) is 0 Å². The van der Waals surface area contributed by atoms with Gasteiger partial charge in [-0.3, -0.25) is 4.98 Å². The predicted molar refractivity (Wildman–Crippen MR) is 149 cm³/mol. The highest BCUT2D eigenvalue weighted by Gasteiger charge is 2.19. The molecule has 0 saturated carbocycles. The molecule has 0 amide bonds. The predicted octanol–water partition coefficient (Wildman–Crippen LogP) is 7.51. The third-order valence-corrected chi connectivity index (χ3v) is 7.19. The average Bonchev–Trinajstić information content (AvgIpc) is 3.28. The molecule has 4 aromatic carbocycles. The summed E-state index contributed by atoms with van der Waals surface area (Å²) in [7, 11) is 0. The highest BCUT2D eigenvalue weighted by Crippen LogP contribution is 2.33. The lowest BCUT2D eigenvalue weighted by atomic mass is 9.85. The summed E-state index contributed by atoms with van der Waals surface area (Å²) >= 11 is 0. The normalized spacial score (nSPS) is 11.8. The third kappa shape index (κ3) is 3.66. The van der Waals surface area contributed by atoms with Crippen LogP contribution in [0.3, 0.4) is 0 Å². The van der Waals surface area contributed by atoms with Crippen molar-refractivity contribution in [1.29, 1.82) is 5.26 Å². The van der Waals surface area contributed by atoms with Crippen molar-refractivity contribution in [3.63, 3.8) is 0 Å². The van der Waals surface area contributed by atoms with Gasteiger partial charge in [0.15, 0.2) is 0 Å². The van der Waals surface area contributed by atoms with E-state index in [-0.39, 0.29) is 0 Å². The van der Waals surface area contributed by atoms with E-state index in [0.717, 1.165) is 49.8 Å². The molecule has 0 aliphatic heterocycles. The third-order valence-electron chi connectivity index (χ3n) is 7.19. The first kappa shape index (κ1) is 21.9. The molecule has 2 heterocycles. The fraction of sp³-hybridized carbons (Fsp3) is 0.125. The van der Waals surface area contributed by atoms with Gasteiger partial charge in [0.25, 0.3) is 0 Å². The first-order valence-electron chi connectivity index (χ1n) is 12.1. The Kier molecular flexibility index (Phi) is 5.01. The molecule has 2 aromatic heterocycles. The number of nitrogens with two attached hydrogens (primary N) is 1. The van der Waals surface area contributed by atoms with Crippen molar-refractivity contribution >= 4 is 38.4 Å².